The molecule has 156 valence electrons. The second kappa shape index (κ2) is 9.69. The maximum Gasteiger partial charge on any atom is 0.323 e. The number of hydrogen-bond acceptors (Lipinski definition) is 6. The quantitative estimate of drug-likeness (QED) is 0.657. The Hall–Kier alpha value is -2.97. The molecule has 1 saturated heterocycles. The highest BCUT2D eigenvalue weighted by atomic mass is 32.1. The minimum atomic E-state index is -0.113. The maximum absolute atomic E-state index is 12.6. The Morgan fingerprint density at radius 3 is 2.57 bits per heavy atom. The largest absolute Gasteiger partial charge is 0.497 e. The highest BCUT2D eigenvalue weighted by Gasteiger charge is 2.22. The summed E-state index contributed by atoms with van der Waals surface area (Å²) in [5.41, 5.74) is 2.39. The first-order valence-corrected chi connectivity index (χ1v) is 10.8. The van der Waals surface area contributed by atoms with E-state index in [1.807, 2.05) is 35.2 Å². The smallest absolute Gasteiger partial charge is 0.323 e. The number of carbonyl (C=O) groups excluding carboxylic acids is 1. The number of amides is 2. The van der Waals surface area contributed by atoms with Gasteiger partial charge in [0.1, 0.15) is 10.8 Å². The number of hydrogen-bond donors (Lipinski definition) is 1. The molecule has 0 unspecified atom stereocenters. The second-order valence-electron chi connectivity index (χ2n) is 7.21. The molecular formula is C22H25N5O2S. The van der Waals surface area contributed by atoms with E-state index in [9.17, 15) is 4.79 Å². The summed E-state index contributed by atoms with van der Waals surface area (Å²) in [4.78, 5) is 16.8. The van der Waals surface area contributed by atoms with Crippen LogP contribution in [0.15, 0.2) is 54.6 Å². The summed E-state index contributed by atoms with van der Waals surface area (Å²) >= 11 is 1.40. The van der Waals surface area contributed by atoms with Crippen molar-refractivity contribution < 1.29 is 9.53 Å². The first kappa shape index (κ1) is 20.3. The van der Waals surface area contributed by atoms with Crippen LogP contribution in [0, 0.1) is 0 Å². The van der Waals surface area contributed by atoms with Crippen LogP contribution in [0.1, 0.15) is 16.1 Å². The zero-order valence-corrected chi connectivity index (χ0v) is 17.8. The Morgan fingerprint density at radius 2 is 1.80 bits per heavy atom. The van der Waals surface area contributed by atoms with Crippen molar-refractivity contribution in [2.45, 2.75) is 13.0 Å². The molecule has 3 aromatic rings. The molecule has 0 radical (unpaired) electrons. The molecule has 2 amide bonds. The van der Waals surface area contributed by atoms with Crippen LogP contribution in [-0.4, -0.2) is 59.3 Å². The van der Waals surface area contributed by atoms with E-state index < -0.39 is 0 Å². The summed E-state index contributed by atoms with van der Waals surface area (Å²) in [6.45, 7) is 4.04. The normalized spacial score (nSPS) is 14.5. The fourth-order valence-corrected chi connectivity index (χ4v) is 4.22. The number of rotatable bonds is 6. The lowest BCUT2D eigenvalue weighted by molar-refractivity contribution is 0.143. The number of carbonyl (C=O) groups is 1. The fourth-order valence-electron chi connectivity index (χ4n) is 3.45. The molecule has 1 fully saturated rings. The zero-order valence-electron chi connectivity index (χ0n) is 17.0. The van der Waals surface area contributed by atoms with E-state index in [1.54, 1.807) is 7.11 Å². The number of ether oxygens (including phenoxy) is 1. The minimum Gasteiger partial charge on any atom is -0.497 e. The number of urea groups is 1. The van der Waals surface area contributed by atoms with Gasteiger partial charge >= 0.3 is 6.03 Å². The molecule has 0 spiro atoms. The fraction of sp³-hybridized carbons (Fsp3) is 0.318. The summed E-state index contributed by atoms with van der Waals surface area (Å²) < 4.78 is 5.26. The lowest BCUT2D eigenvalue weighted by Gasteiger charge is -2.34. The van der Waals surface area contributed by atoms with Crippen LogP contribution in [0.25, 0.3) is 0 Å². The standard InChI is InChI=1S/C22H25N5O2S/c1-29-19-9-5-8-18(14-19)15-20-24-25-21(30-20)23-22(28)27-12-10-26(11-13-27)16-17-6-3-2-4-7-17/h2-9,14H,10-13,15-16H2,1H3,(H,23,25,28). The molecule has 8 heteroatoms. The molecule has 2 aromatic carbocycles. The topological polar surface area (TPSA) is 70.6 Å². The average molecular weight is 424 g/mol. The van der Waals surface area contributed by atoms with Crippen LogP contribution >= 0.6 is 11.3 Å². The molecule has 0 saturated carbocycles. The van der Waals surface area contributed by atoms with E-state index in [0.29, 0.717) is 24.6 Å². The molecule has 0 aliphatic carbocycles. The highest BCUT2D eigenvalue weighted by molar-refractivity contribution is 7.15. The van der Waals surface area contributed by atoms with Crippen LogP contribution in [0.4, 0.5) is 9.93 Å². The van der Waals surface area contributed by atoms with Crippen LogP contribution in [0.2, 0.25) is 0 Å². The molecule has 2 heterocycles. The lowest BCUT2D eigenvalue weighted by Crippen LogP contribution is -2.49. The summed E-state index contributed by atoms with van der Waals surface area (Å²) in [6, 6.07) is 18.2. The Bertz CT molecular complexity index is 970. The van der Waals surface area contributed by atoms with Gasteiger partial charge in [0, 0.05) is 39.1 Å². The number of nitrogens with one attached hydrogen (secondary N) is 1. The van der Waals surface area contributed by atoms with Crippen molar-refractivity contribution in [2.24, 2.45) is 0 Å². The minimum absolute atomic E-state index is 0.113. The van der Waals surface area contributed by atoms with Crippen LogP contribution in [-0.2, 0) is 13.0 Å². The number of benzene rings is 2. The molecule has 0 atom stereocenters. The molecule has 7 nitrogen and oxygen atoms in total. The molecular weight excluding hydrogens is 398 g/mol. The highest BCUT2D eigenvalue weighted by Crippen LogP contribution is 2.21. The lowest BCUT2D eigenvalue weighted by atomic mass is 10.1. The van der Waals surface area contributed by atoms with Gasteiger partial charge in [0.2, 0.25) is 5.13 Å². The van der Waals surface area contributed by atoms with E-state index in [4.69, 9.17) is 4.74 Å². The summed E-state index contributed by atoms with van der Waals surface area (Å²) in [5, 5.41) is 12.6. The molecule has 1 aliphatic heterocycles. The monoisotopic (exact) mass is 423 g/mol. The van der Waals surface area contributed by atoms with Gasteiger partial charge < -0.3 is 9.64 Å². The van der Waals surface area contributed by atoms with Gasteiger partial charge in [-0.1, -0.05) is 53.8 Å². The van der Waals surface area contributed by atoms with Crippen molar-refractivity contribution in [3.8, 4) is 5.75 Å². The molecule has 0 bridgehead atoms. The SMILES string of the molecule is COc1cccc(Cc2nnc(NC(=O)N3CCN(Cc4ccccc4)CC3)s2)c1. The van der Waals surface area contributed by atoms with E-state index in [2.05, 4.69) is 44.7 Å². The van der Waals surface area contributed by atoms with Crippen molar-refractivity contribution in [1.29, 1.82) is 0 Å². The van der Waals surface area contributed by atoms with Gasteiger partial charge in [-0.25, -0.2) is 4.79 Å². The summed E-state index contributed by atoms with van der Waals surface area (Å²) in [5.74, 6) is 0.817. The van der Waals surface area contributed by atoms with E-state index in [0.717, 1.165) is 36.0 Å². The Labute approximate surface area is 180 Å². The molecule has 1 N–H and O–H groups in total. The van der Waals surface area contributed by atoms with Crippen LogP contribution in [0.3, 0.4) is 0 Å². The third kappa shape index (κ3) is 5.34. The summed E-state index contributed by atoms with van der Waals surface area (Å²) in [6.07, 6.45) is 0.656. The van der Waals surface area contributed by atoms with Gasteiger partial charge in [-0.3, -0.25) is 10.2 Å². The van der Waals surface area contributed by atoms with Crippen molar-refractivity contribution >= 4 is 22.5 Å². The first-order valence-electron chi connectivity index (χ1n) is 9.97. The number of anilines is 1. The second-order valence-corrected chi connectivity index (χ2v) is 8.27. The third-order valence-corrected chi connectivity index (χ3v) is 5.92. The Morgan fingerprint density at radius 1 is 1.03 bits per heavy atom. The molecule has 1 aliphatic rings. The number of aromatic nitrogens is 2. The van der Waals surface area contributed by atoms with E-state index >= 15 is 0 Å². The Balaban J connectivity index is 1.26. The van der Waals surface area contributed by atoms with Crippen molar-refractivity contribution in [1.82, 2.24) is 20.0 Å². The van der Waals surface area contributed by atoms with Crippen molar-refractivity contribution in [3.05, 3.63) is 70.7 Å². The van der Waals surface area contributed by atoms with E-state index in [1.165, 1.54) is 16.9 Å². The Kier molecular flexibility index (Phi) is 6.56. The number of methoxy groups -OCH3 is 1. The van der Waals surface area contributed by atoms with Crippen LogP contribution < -0.4 is 10.1 Å². The molecule has 1 aromatic heterocycles. The van der Waals surface area contributed by atoms with Gasteiger partial charge in [-0.2, -0.15) is 0 Å². The first-order chi connectivity index (χ1) is 14.7. The average Bonchev–Trinajstić information content (AvgIpc) is 3.21. The molecule has 4 rings (SSSR count). The van der Waals surface area contributed by atoms with Gasteiger partial charge in [-0.15, -0.1) is 10.2 Å². The predicted octanol–water partition coefficient (Wildman–Crippen LogP) is 3.49. The van der Waals surface area contributed by atoms with Gasteiger partial charge in [0.15, 0.2) is 0 Å². The third-order valence-electron chi connectivity index (χ3n) is 5.08. The van der Waals surface area contributed by atoms with E-state index in [-0.39, 0.29) is 6.03 Å². The van der Waals surface area contributed by atoms with Crippen molar-refractivity contribution in [2.75, 3.05) is 38.6 Å². The number of nitrogens with zero attached hydrogens (tertiary/aromatic N) is 4. The maximum atomic E-state index is 12.6. The molecule has 30 heavy (non-hydrogen) atoms. The number of piperazine rings is 1. The van der Waals surface area contributed by atoms with Gasteiger partial charge in [0.25, 0.3) is 0 Å². The summed E-state index contributed by atoms with van der Waals surface area (Å²) in [7, 11) is 1.65. The van der Waals surface area contributed by atoms with Crippen molar-refractivity contribution in [3.63, 3.8) is 0 Å². The van der Waals surface area contributed by atoms with Gasteiger partial charge in [0.05, 0.1) is 7.11 Å². The zero-order chi connectivity index (χ0) is 20.8. The predicted molar refractivity (Wildman–Crippen MR) is 118 cm³/mol. The van der Waals surface area contributed by atoms with Gasteiger partial charge in [-0.05, 0) is 23.3 Å². The van der Waals surface area contributed by atoms with Crippen LogP contribution in [0.5, 0.6) is 5.75 Å².